The number of aliphatic hydroxyl groups excluding tert-OH is 1. The molecule has 4 heteroatoms. The average Bonchev–Trinajstić information content (AvgIpc) is 3.30. The standard InChI is InChI=1S/C24H32O4/c1-17(18-9-5-4-6-10-18)21(25)14-13-20-19(22-15-16-23(20)28-22)11-7-2-3-8-12-24(26)27/h2,4-7,9-10,13-14,17,19-23,25H,3,8,11-12,15-16H2,1H3,(H,26,27)/b7-2-,14-13+/t17?,19-,20+,21?,22-,23+/m1/s1. The van der Waals surface area contributed by atoms with Gasteiger partial charge in [-0.25, -0.2) is 0 Å². The predicted molar refractivity (Wildman–Crippen MR) is 110 cm³/mol. The second-order valence-corrected chi connectivity index (χ2v) is 8.10. The molecular weight excluding hydrogens is 352 g/mol. The van der Waals surface area contributed by atoms with E-state index in [2.05, 4.69) is 37.3 Å². The van der Waals surface area contributed by atoms with Crippen molar-refractivity contribution in [2.45, 2.75) is 69.7 Å². The van der Waals surface area contributed by atoms with Crippen LogP contribution in [-0.2, 0) is 9.53 Å². The van der Waals surface area contributed by atoms with Crippen molar-refractivity contribution < 1.29 is 19.7 Å². The fraction of sp³-hybridized carbons (Fsp3) is 0.542. The highest BCUT2D eigenvalue weighted by atomic mass is 16.5. The lowest BCUT2D eigenvalue weighted by atomic mass is 9.77. The van der Waals surface area contributed by atoms with Crippen LogP contribution in [0.2, 0.25) is 0 Å². The molecular formula is C24H32O4. The molecule has 2 aliphatic rings. The van der Waals surface area contributed by atoms with Gasteiger partial charge in [-0.05, 0) is 43.6 Å². The van der Waals surface area contributed by atoms with Gasteiger partial charge in [0.2, 0.25) is 0 Å². The predicted octanol–water partition coefficient (Wildman–Crippen LogP) is 4.70. The summed E-state index contributed by atoms with van der Waals surface area (Å²) in [6.07, 6.45) is 13.4. The molecule has 2 heterocycles. The first-order valence-electron chi connectivity index (χ1n) is 10.5. The van der Waals surface area contributed by atoms with Crippen molar-refractivity contribution >= 4 is 5.97 Å². The number of allylic oxidation sites excluding steroid dienone is 2. The number of ether oxygens (including phenoxy) is 1. The maximum atomic E-state index is 10.6. The van der Waals surface area contributed by atoms with Gasteiger partial charge in [-0.2, -0.15) is 0 Å². The summed E-state index contributed by atoms with van der Waals surface area (Å²) in [4.78, 5) is 10.6. The molecule has 0 spiro atoms. The van der Waals surface area contributed by atoms with E-state index in [0.29, 0.717) is 24.4 Å². The Hall–Kier alpha value is -1.91. The molecule has 4 nitrogen and oxygen atoms in total. The zero-order chi connectivity index (χ0) is 19.9. The van der Waals surface area contributed by atoms with Crippen LogP contribution in [0.4, 0.5) is 0 Å². The Balaban J connectivity index is 1.54. The van der Waals surface area contributed by atoms with E-state index in [1.165, 1.54) is 0 Å². The fourth-order valence-corrected chi connectivity index (χ4v) is 4.49. The number of rotatable bonds is 10. The van der Waals surface area contributed by atoms with Gasteiger partial charge < -0.3 is 14.9 Å². The van der Waals surface area contributed by atoms with Gasteiger partial charge in [-0.1, -0.05) is 61.6 Å². The normalized spacial score (nSPS) is 28.9. The lowest BCUT2D eigenvalue weighted by Gasteiger charge is -2.25. The molecule has 152 valence electrons. The Morgan fingerprint density at radius 3 is 2.71 bits per heavy atom. The number of fused-ring (bicyclic) bond motifs is 2. The van der Waals surface area contributed by atoms with Crippen molar-refractivity contribution in [3.63, 3.8) is 0 Å². The molecule has 2 unspecified atom stereocenters. The molecule has 0 saturated carbocycles. The average molecular weight is 385 g/mol. The number of aliphatic carboxylic acids is 1. The van der Waals surface area contributed by atoms with Gasteiger partial charge in [0.1, 0.15) is 0 Å². The summed E-state index contributed by atoms with van der Waals surface area (Å²) >= 11 is 0. The number of unbranched alkanes of at least 4 members (excludes halogenated alkanes) is 1. The van der Waals surface area contributed by atoms with Crippen molar-refractivity contribution in [3.05, 3.63) is 60.2 Å². The maximum absolute atomic E-state index is 10.6. The molecule has 2 fully saturated rings. The highest BCUT2D eigenvalue weighted by Gasteiger charge is 2.46. The van der Waals surface area contributed by atoms with Crippen LogP contribution in [-0.4, -0.2) is 34.5 Å². The molecule has 1 aromatic carbocycles. The second kappa shape index (κ2) is 10.0. The highest BCUT2D eigenvalue weighted by Crippen LogP contribution is 2.46. The van der Waals surface area contributed by atoms with Crippen LogP contribution in [0.1, 0.15) is 56.9 Å². The van der Waals surface area contributed by atoms with Crippen LogP contribution in [0.3, 0.4) is 0 Å². The summed E-state index contributed by atoms with van der Waals surface area (Å²) in [6, 6.07) is 10.1. The minimum Gasteiger partial charge on any atom is -0.481 e. The highest BCUT2D eigenvalue weighted by molar-refractivity contribution is 5.66. The van der Waals surface area contributed by atoms with Crippen molar-refractivity contribution in [1.29, 1.82) is 0 Å². The summed E-state index contributed by atoms with van der Waals surface area (Å²) < 4.78 is 6.14. The number of benzene rings is 1. The van der Waals surface area contributed by atoms with Crippen LogP contribution in [0.15, 0.2) is 54.6 Å². The van der Waals surface area contributed by atoms with E-state index in [0.717, 1.165) is 31.2 Å². The summed E-state index contributed by atoms with van der Waals surface area (Å²) in [5.74, 6) is 0.123. The van der Waals surface area contributed by atoms with Crippen LogP contribution in [0, 0.1) is 11.8 Å². The summed E-state index contributed by atoms with van der Waals surface area (Å²) in [5.41, 5.74) is 1.14. The summed E-state index contributed by atoms with van der Waals surface area (Å²) in [6.45, 7) is 2.05. The Morgan fingerprint density at radius 2 is 1.96 bits per heavy atom. The molecule has 2 saturated heterocycles. The van der Waals surface area contributed by atoms with Crippen LogP contribution >= 0.6 is 0 Å². The second-order valence-electron chi connectivity index (χ2n) is 8.10. The monoisotopic (exact) mass is 384 g/mol. The van der Waals surface area contributed by atoms with Gasteiger partial charge in [0, 0.05) is 18.3 Å². The quantitative estimate of drug-likeness (QED) is 0.453. The molecule has 6 atom stereocenters. The topological polar surface area (TPSA) is 66.8 Å². The Labute approximate surface area is 167 Å². The number of carboxylic acid groups (broad SMARTS) is 1. The number of carboxylic acids is 1. The van der Waals surface area contributed by atoms with Crippen LogP contribution in [0.25, 0.3) is 0 Å². The molecule has 0 aromatic heterocycles. The van der Waals surface area contributed by atoms with E-state index in [9.17, 15) is 9.90 Å². The van der Waals surface area contributed by atoms with E-state index >= 15 is 0 Å². The maximum Gasteiger partial charge on any atom is 0.303 e. The molecule has 2 aliphatic heterocycles. The lowest BCUT2D eigenvalue weighted by molar-refractivity contribution is -0.137. The number of carbonyl (C=O) groups is 1. The molecule has 2 bridgehead atoms. The summed E-state index contributed by atoms with van der Waals surface area (Å²) in [7, 11) is 0. The SMILES string of the molecule is CC(c1ccccc1)C(O)/C=C/[C@H]1[C@@H](C/C=C\CCCC(=O)O)[C@H]2CC[C@@H]1O2. The van der Waals surface area contributed by atoms with Gasteiger partial charge >= 0.3 is 5.97 Å². The van der Waals surface area contributed by atoms with Gasteiger partial charge in [-0.3, -0.25) is 4.79 Å². The van der Waals surface area contributed by atoms with E-state index in [1.807, 2.05) is 24.3 Å². The van der Waals surface area contributed by atoms with Gasteiger partial charge in [0.25, 0.3) is 0 Å². The third-order valence-electron chi connectivity index (χ3n) is 6.19. The van der Waals surface area contributed by atoms with Crippen LogP contribution in [0.5, 0.6) is 0 Å². The van der Waals surface area contributed by atoms with Gasteiger partial charge in [0.15, 0.2) is 0 Å². The smallest absolute Gasteiger partial charge is 0.303 e. The summed E-state index contributed by atoms with van der Waals surface area (Å²) in [5, 5.41) is 19.3. The van der Waals surface area contributed by atoms with Gasteiger partial charge in [0.05, 0.1) is 18.3 Å². The molecule has 0 amide bonds. The van der Waals surface area contributed by atoms with Crippen molar-refractivity contribution in [3.8, 4) is 0 Å². The van der Waals surface area contributed by atoms with Crippen molar-refractivity contribution in [2.75, 3.05) is 0 Å². The molecule has 2 N–H and O–H groups in total. The van der Waals surface area contributed by atoms with Crippen molar-refractivity contribution in [2.24, 2.45) is 11.8 Å². The minimum atomic E-state index is -0.733. The first kappa shape index (κ1) is 20.8. The third-order valence-corrected chi connectivity index (χ3v) is 6.19. The van der Waals surface area contributed by atoms with E-state index in [4.69, 9.17) is 9.84 Å². The van der Waals surface area contributed by atoms with Crippen LogP contribution < -0.4 is 0 Å². The Kier molecular flexibility index (Phi) is 7.46. The molecule has 28 heavy (non-hydrogen) atoms. The van der Waals surface area contributed by atoms with E-state index in [1.54, 1.807) is 0 Å². The Morgan fingerprint density at radius 1 is 1.21 bits per heavy atom. The third kappa shape index (κ3) is 5.33. The Bertz CT molecular complexity index is 681. The minimum absolute atomic E-state index is 0.0598. The van der Waals surface area contributed by atoms with E-state index in [-0.39, 0.29) is 18.4 Å². The zero-order valence-electron chi connectivity index (χ0n) is 16.6. The zero-order valence-corrected chi connectivity index (χ0v) is 16.6. The van der Waals surface area contributed by atoms with Crippen molar-refractivity contribution in [1.82, 2.24) is 0 Å². The molecule has 1 aromatic rings. The number of aliphatic hydroxyl groups is 1. The largest absolute Gasteiger partial charge is 0.481 e. The van der Waals surface area contributed by atoms with Gasteiger partial charge in [-0.15, -0.1) is 0 Å². The first-order valence-corrected chi connectivity index (χ1v) is 10.5. The fourth-order valence-electron chi connectivity index (χ4n) is 4.49. The lowest BCUT2D eigenvalue weighted by Crippen LogP contribution is -2.26. The first-order chi connectivity index (χ1) is 13.6. The molecule has 3 rings (SSSR count). The number of hydrogen-bond acceptors (Lipinski definition) is 3. The number of hydrogen-bond donors (Lipinski definition) is 2. The van der Waals surface area contributed by atoms with E-state index < -0.39 is 12.1 Å². The molecule has 0 aliphatic carbocycles. The molecule has 0 radical (unpaired) electrons.